The first-order valence-corrected chi connectivity index (χ1v) is 5.60. The number of nitrogens with zero attached hydrogens (tertiary/aromatic N) is 3. The monoisotopic (exact) mass is 263 g/mol. The van der Waals surface area contributed by atoms with Gasteiger partial charge < -0.3 is 15.1 Å². The first-order valence-electron chi connectivity index (χ1n) is 5.60. The third kappa shape index (κ3) is 3.95. The van der Waals surface area contributed by atoms with Crippen LogP contribution in [-0.2, 0) is 22.7 Å². The zero-order chi connectivity index (χ0) is 13.7. The first-order chi connectivity index (χ1) is 9.13. The Morgan fingerprint density at radius 3 is 3.00 bits per heavy atom. The Bertz CT molecular complexity index is 561. The van der Waals surface area contributed by atoms with E-state index in [4.69, 9.17) is 4.42 Å². The molecule has 0 unspecified atom stereocenters. The van der Waals surface area contributed by atoms with Crippen LogP contribution in [-0.4, -0.2) is 26.8 Å². The number of carbonyl (C=O) groups is 2. The Morgan fingerprint density at radius 1 is 1.47 bits per heavy atom. The van der Waals surface area contributed by atoms with E-state index < -0.39 is 0 Å². The van der Waals surface area contributed by atoms with E-state index >= 15 is 0 Å². The van der Waals surface area contributed by atoms with Crippen LogP contribution in [0.25, 0.3) is 0 Å². The summed E-state index contributed by atoms with van der Waals surface area (Å²) >= 11 is 0. The van der Waals surface area contributed by atoms with Gasteiger partial charge in [0, 0.05) is 6.92 Å². The smallest absolute Gasteiger partial charge is 0.242 e. The minimum Gasteiger partial charge on any atom is -0.467 e. The molecule has 0 spiro atoms. The largest absolute Gasteiger partial charge is 0.467 e. The maximum Gasteiger partial charge on any atom is 0.242 e. The van der Waals surface area contributed by atoms with Gasteiger partial charge >= 0.3 is 0 Å². The minimum absolute atomic E-state index is 0.0211. The maximum atomic E-state index is 11.6. The van der Waals surface area contributed by atoms with Crippen molar-refractivity contribution in [1.82, 2.24) is 20.3 Å². The van der Waals surface area contributed by atoms with Crippen molar-refractivity contribution in [2.45, 2.75) is 20.0 Å². The van der Waals surface area contributed by atoms with Gasteiger partial charge in [-0.25, -0.2) is 4.68 Å². The van der Waals surface area contributed by atoms with Crippen molar-refractivity contribution >= 4 is 17.6 Å². The van der Waals surface area contributed by atoms with E-state index in [0.29, 0.717) is 18.1 Å². The highest BCUT2D eigenvalue weighted by Crippen LogP contribution is 2.00. The second-order valence-electron chi connectivity index (χ2n) is 3.84. The summed E-state index contributed by atoms with van der Waals surface area (Å²) in [6.07, 6.45) is 3.02. The number of furan rings is 1. The number of hydrogen-bond acceptors (Lipinski definition) is 5. The van der Waals surface area contributed by atoms with Gasteiger partial charge in [0.2, 0.25) is 11.8 Å². The number of aromatic nitrogens is 3. The van der Waals surface area contributed by atoms with E-state index in [0.717, 1.165) is 0 Å². The van der Waals surface area contributed by atoms with E-state index in [1.807, 2.05) is 0 Å². The lowest BCUT2D eigenvalue weighted by molar-refractivity contribution is -0.122. The van der Waals surface area contributed by atoms with Gasteiger partial charge in [0.25, 0.3) is 0 Å². The molecule has 100 valence electrons. The van der Waals surface area contributed by atoms with Crippen LogP contribution in [0.3, 0.4) is 0 Å². The second kappa shape index (κ2) is 5.80. The lowest BCUT2D eigenvalue weighted by Crippen LogP contribution is -2.27. The van der Waals surface area contributed by atoms with E-state index in [1.165, 1.54) is 17.8 Å². The maximum absolute atomic E-state index is 11.6. The Kier molecular flexibility index (Phi) is 3.91. The fourth-order valence-corrected chi connectivity index (χ4v) is 1.42. The summed E-state index contributed by atoms with van der Waals surface area (Å²) in [5.74, 6) is 0.516. The van der Waals surface area contributed by atoms with Gasteiger partial charge in [-0.3, -0.25) is 9.59 Å². The van der Waals surface area contributed by atoms with Crippen molar-refractivity contribution in [2.75, 3.05) is 5.32 Å². The van der Waals surface area contributed by atoms with Crippen LogP contribution in [0.1, 0.15) is 12.7 Å². The highest BCUT2D eigenvalue weighted by molar-refractivity contribution is 5.87. The van der Waals surface area contributed by atoms with Crippen molar-refractivity contribution in [2.24, 2.45) is 0 Å². The van der Waals surface area contributed by atoms with Crippen molar-refractivity contribution in [3.63, 3.8) is 0 Å². The molecular formula is C11H13N5O3. The van der Waals surface area contributed by atoms with Crippen LogP contribution in [0.15, 0.2) is 29.0 Å². The number of nitrogens with one attached hydrogen (secondary N) is 2. The Labute approximate surface area is 108 Å². The van der Waals surface area contributed by atoms with Gasteiger partial charge in [0.1, 0.15) is 12.3 Å². The third-order valence-corrected chi connectivity index (χ3v) is 2.19. The Hall–Kier alpha value is -2.64. The van der Waals surface area contributed by atoms with E-state index in [1.54, 1.807) is 18.4 Å². The molecule has 0 fully saturated rings. The standard InChI is InChI=1S/C11H13N5O3/c1-8(17)13-10-6-16(15-14-10)7-11(18)12-5-9-3-2-4-19-9/h2-4,6H,5,7H2,1H3,(H,12,18)(H,13,17). The summed E-state index contributed by atoms with van der Waals surface area (Å²) in [7, 11) is 0. The zero-order valence-electron chi connectivity index (χ0n) is 10.3. The normalized spacial score (nSPS) is 10.2. The van der Waals surface area contributed by atoms with E-state index in [-0.39, 0.29) is 18.4 Å². The highest BCUT2D eigenvalue weighted by Gasteiger charge is 2.07. The molecule has 2 N–H and O–H groups in total. The van der Waals surface area contributed by atoms with Gasteiger partial charge in [0.05, 0.1) is 19.0 Å². The van der Waals surface area contributed by atoms with Crippen molar-refractivity contribution in [1.29, 1.82) is 0 Å². The number of hydrogen-bond donors (Lipinski definition) is 2. The molecule has 0 aliphatic rings. The third-order valence-electron chi connectivity index (χ3n) is 2.19. The van der Waals surface area contributed by atoms with E-state index in [2.05, 4.69) is 20.9 Å². The molecule has 0 saturated heterocycles. The molecule has 8 nitrogen and oxygen atoms in total. The number of rotatable bonds is 5. The molecule has 8 heteroatoms. The average Bonchev–Trinajstić information content (AvgIpc) is 2.97. The van der Waals surface area contributed by atoms with Crippen LogP contribution >= 0.6 is 0 Å². The summed E-state index contributed by atoms with van der Waals surface area (Å²) in [5, 5.41) is 12.6. The second-order valence-corrected chi connectivity index (χ2v) is 3.84. The summed E-state index contributed by atoms with van der Waals surface area (Å²) in [5.41, 5.74) is 0. The van der Waals surface area contributed by atoms with Crippen LogP contribution in [0.5, 0.6) is 0 Å². The van der Waals surface area contributed by atoms with E-state index in [9.17, 15) is 9.59 Å². The van der Waals surface area contributed by atoms with Crippen molar-refractivity contribution in [3.8, 4) is 0 Å². The van der Waals surface area contributed by atoms with Gasteiger partial charge in [0.15, 0.2) is 5.82 Å². The zero-order valence-corrected chi connectivity index (χ0v) is 10.3. The molecule has 0 aliphatic heterocycles. The molecule has 2 amide bonds. The molecule has 0 radical (unpaired) electrons. The SMILES string of the molecule is CC(=O)Nc1cn(CC(=O)NCc2ccco2)nn1. The van der Waals surface area contributed by atoms with Crippen LogP contribution in [0.2, 0.25) is 0 Å². The summed E-state index contributed by atoms with van der Waals surface area (Å²) in [4.78, 5) is 22.4. The molecule has 2 heterocycles. The summed E-state index contributed by atoms with van der Waals surface area (Å²) in [6, 6.07) is 3.52. The lowest BCUT2D eigenvalue weighted by atomic mass is 10.4. The number of anilines is 1. The molecule has 19 heavy (non-hydrogen) atoms. The minimum atomic E-state index is -0.241. The van der Waals surface area contributed by atoms with Crippen molar-refractivity contribution < 1.29 is 14.0 Å². The summed E-state index contributed by atoms with van der Waals surface area (Å²) in [6.45, 7) is 1.71. The fraction of sp³-hybridized carbons (Fsp3) is 0.273. The van der Waals surface area contributed by atoms with Gasteiger partial charge in [-0.05, 0) is 12.1 Å². The molecule has 0 saturated carbocycles. The first kappa shape index (κ1) is 12.8. The number of amides is 2. The topological polar surface area (TPSA) is 102 Å². The summed E-state index contributed by atoms with van der Waals surface area (Å²) < 4.78 is 6.42. The van der Waals surface area contributed by atoms with Crippen molar-refractivity contribution in [3.05, 3.63) is 30.4 Å². The van der Waals surface area contributed by atoms with Gasteiger partial charge in [-0.2, -0.15) is 0 Å². The predicted octanol–water partition coefficient (Wildman–Crippen LogP) is 0.146. The van der Waals surface area contributed by atoms with Gasteiger partial charge in [-0.1, -0.05) is 5.21 Å². The Balaban J connectivity index is 1.81. The molecule has 0 bridgehead atoms. The van der Waals surface area contributed by atoms with Crippen LogP contribution in [0.4, 0.5) is 5.82 Å². The molecule has 2 aromatic rings. The Morgan fingerprint density at radius 2 is 2.32 bits per heavy atom. The number of carbonyl (C=O) groups excluding carboxylic acids is 2. The van der Waals surface area contributed by atoms with Gasteiger partial charge in [-0.15, -0.1) is 5.10 Å². The van der Waals surface area contributed by atoms with Crippen LogP contribution < -0.4 is 10.6 Å². The predicted molar refractivity (Wildman–Crippen MR) is 64.9 cm³/mol. The molecule has 2 aromatic heterocycles. The lowest BCUT2D eigenvalue weighted by Gasteiger charge is -2.02. The molecule has 0 atom stereocenters. The molecule has 0 aliphatic carbocycles. The highest BCUT2D eigenvalue weighted by atomic mass is 16.3. The van der Waals surface area contributed by atoms with Crippen LogP contribution in [0, 0.1) is 0 Å². The average molecular weight is 263 g/mol. The molecule has 2 rings (SSSR count). The fourth-order valence-electron chi connectivity index (χ4n) is 1.42. The molecular weight excluding hydrogens is 250 g/mol. The molecule has 0 aromatic carbocycles. The quantitative estimate of drug-likeness (QED) is 0.799.